The minimum absolute atomic E-state index is 0.0228. The van der Waals surface area contributed by atoms with Gasteiger partial charge in [0, 0.05) is 33.1 Å². The van der Waals surface area contributed by atoms with Crippen molar-refractivity contribution in [2.24, 2.45) is 5.92 Å². The number of benzene rings is 2. The smallest absolute Gasteiger partial charge is 0.306 e. The summed E-state index contributed by atoms with van der Waals surface area (Å²) in [6.07, 6.45) is 7.29. The number of amides is 2. The number of likely N-dealkylation sites (tertiary alicyclic amines) is 2. The van der Waals surface area contributed by atoms with Crippen LogP contribution in [0.4, 0.5) is 5.69 Å². The Hall–Kier alpha value is -2.69. The Kier molecular flexibility index (Phi) is 10.3. The number of piperidine rings is 1. The quantitative estimate of drug-likeness (QED) is 0.251. The van der Waals surface area contributed by atoms with Gasteiger partial charge in [0.1, 0.15) is 0 Å². The summed E-state index contributed by atoms with van der Waals surface area (Å²) in [6.45, 7) is 3.19. The lowest BCUT2D eigenvalue weighted by molar-refractivity contribution is -0.144. The van der Waals surface area contributed by atoms with Gasteiger partial charge in [-0.15, -0.1) is 11.3 Å². The third-order valence-corrected chi connectivity index (χ3v) is 11.2. The second kappa shape index (κ2) is 14.4. The molecule has 45 heavy (non-hydrogen) atoms. The normalized spacial score (nSPS) is 24.2. The van der Waals surface area contributed by atoms with Crippen molar-refractivity contribution in [2.75, 3.05) is 31.6 Å². The highest BCUT2D eigenvalue weighted by molar-refractivity contribution is 7.17. The number of thiophene rings is 1. The van der Waals surface area contributed by atoms with Gasteiger partial charge in [-0.25, -0.2) is 0 Å². The van der Waals surface area contributed by atoms with E-state index in [1.54, 1.807) is 12.1 Å². The van der Waals surface area contributed by atoms with Crippen LogP contribution < -0.4 is 5.32 Å². The van der Waals surface area contributed by atoms with Crippen LogP contribution in [0.2, 0.25) is 10.0 Å². The van der Waals surface area contributed by atoms with E-state index in [1.807, 2.05) is 34.5 Å². The van der Waals surface area contributed by atoms with Crippen LogP contribution >= 0.6 is 34.5 Å². The highest BCUT2D eigenvalue weighted by atomic mass is 35.5. The molecule has 2 aromatic carbocycles. The highest BCUT2D eigenvalue weighted by Gasteiger charge is 2.39. The number of nitrogens with zero attached hydrogens (tertiary/aromatic N) is 2. The number of aliphatic carboxylic acids is 1. The van der Waals surface area contributed by atoms with Gasteiger partial charge < -0.3 is 20.1 Å². The monoisotopic (exact) mass is 671 g/mol. The fourth-order valence-electron chi connectivity index (χ4n) is 7.05. The Morgan fingerprint density at radius 2 is 1.76 bits per heavy atom. The van der Waals surface area contributed by atoms with Crippen molar-refractivity contribution in [1.29, 1.82) is 0 Å². The predicted octanol–water partition coefficient (Wildman–Crippen LogP) is 7.12. The molecule has 6 rings (SSSR count). The maximum Gasteiger partial charge on any atom is 0.306 e. The minimum atomic E-state index is -0.726. The summed E-state index contributed by atoms with van der Waals surface area (Å²) in [7, 11) is 0. The lowest BCUT2D eigenvalue weighted by Gasteiger charge is -2.32. The molecule has 3 aliphatic rings. The number of hydrogen-bond acceptors (Lipinski definition) is 6. The number of ether oxygens (including phenoxy) is 1. The zero-order chi connectivity index (χ0) is 31.5. The standard InChI is InChI=1S/C34H39Cl2N3O5S/c35-28-17-30(37-33(41)27-20-45-31-7-3-2-6-26(27)31)29(36)14-22(28)15-32(40)39-18-23(38-12-4-1-5-13-38)16-24(39)19-44-25-10-8-21(9-11-25)34(42)43/h2-3,6-7,14,17,20-21,23-25H,1,4-5,8-13,15-16,18-19H2,(H,37,41)(H,42,43)/t21?,23-,24-,25?/m0/s1. The van der Waals surface area contributed by atoms with Gasteiger partial charge in [-0.1, -0.05) is 47.8 Å². The van der Waals surface area contributed by atoms with Crippen LogP contribution in [0.25, 0.3) is 10.1 Å². The Labute approximate surface area is 277 Å². The molecular formula is C34H39Cl2N3O5S. The molecule has 2 N–H and O–H groups in total. The molecule has 3 fully saturated rings. The molecule has 1 saturated carbocycles. The average Bonchev–Trinajstić information content (AvgIpc) is 3.68. The molecule has 0 spiro atoms. The molecular weight excluding hydrogens is 633 g/mol. The topological polar surface area (TPSA) is 99.2 Å². The van der Waals surface area contributed by atoms with E-state index in [1.165, 1.54) is 30.6 Å². The number of carbonyl (C=O) groups is 3. The molecule has 1 aromatic heterocycles. The summed E-state index contributed by atoms with van der Waals surface area (Å²) in [5.74, 6) is -1.31. The zero-order valence-electron chi connectivity index (χ0n) is 25.2. The van der Waals surface area contributed by atoms with Crippen LogP contribution in [0.15, 0.2) is 41.8 Å². The molecule has 8 nitrogen and oxygen atoms in total. The summed E-state index contributed by atoms with van der Waals surface area (Å²) >= 11 is 14.8. The molecule has 2 saturated heterocycles. The first-order valence-electron chi connectivity index (χ1n) is 15.9. The van der Waals surface area contributed by atoms with Crippen molar-refractivity contribution < 1.29 is 24.2 Å². The van der Waals surface area contributed by atoms with Gasteiger partial charge in [0.15, 0.2) is 0 Å². The molecule has 3 aromatic rings. The van der Waals surface area contributed by atoms with Gasteiger partial charge in [-0.05, 0) is 81.8 Å². The second-order valence-electron chi connectivity index (χ2n) is 12.5. The molecule has 2 atom stereocenters. The second-order valence-corrected chi connectivity index (χ2v) is 14.3. The van der Waals surface area contributed by atoms with Gasteiger partial charge in [-0.3, -0.25) is 19.3 Å². The van der Waals surface area contributed by atoms with Gasteiger partial charge in [0.25, 0.3) is 5.91 Å². The van der Waals surface area contributed by atoms with E-state index < -0.39 is 5.97 Å². The Morgan fingerprint density at radius 1 is 1.00 bits per heavy atom. The lowest BCUT2D eigenvalue weighted by atomic mass is 9.87. The van der Waals surface area contributed by atoms with E-state index in [-0.39, 0.29) is 42.3 Å². The number of carboxylic acids is 1. The van der Waals surface area contributed by atoms with Crippen LogP contribution in [0, 0.1) is 5.92 Å². The van der Waals surface area contributed by atoms with Crippen molar-refractivity contribution in [3.63, 3.8) is 0 Å². The van der Waals surface area contributed by atoms with E-state index in [0.717, 1.165) is 42.4 Å². The Morgan fingerprint density at radius 3 is 2.51 bits per heavy atom. The molecule has 2 aliphatic heterocycles. The molecule has 240 valence electrons. The van der Waals surface area contributed by atoms with Crippen molar-refractivity contribution in [3.8, 4) is 0 Å². The highest BCUT2D eigenvalue weighted by Crippen LogP contribution is 2.34. The maximum absolute atomic E-state index is 13.8. The summed E-state index contributed by atoms with van der Waals surface area (Å²) in [4.78, 5) is 42.8. The van der Waals surface area contributed by atoms with Crippen LogP contribution in [-0.2, 0) is 20.7 Å². The van der Waals surface area contributed by atoms with E-state index in [2.05, 4.69) is 10.2 Å². The van der Waals surface area contributed by atoms with E-state index in [9.17, 15) is 19.5 Å². The first-order chi connectivity index (χ1) is 21.8. The van der Waals surface area contributed by atoms with Crippen LogP contribution in [0.5, 0.6) is 0 Å². The molecule has 1 aliphatic carbocycles. The fraction of sp³-hybridized carbons (Fsp3) is 0.500. The average molecular weight is 673 g/mol. The number of hydrogen-bond donors (Lipinski definition) is 2. The zero-order valence-corrected chi connectivity index (χ0v) is 27.5. The third kappa shape index (κ3) is 7.49. The Balaban J connectivity index is 1.12. The van der Waals surface area contributed by atoms with Crippen LogP contribution in [0.1, 0.15) is 67.3 Å². The van der Waals surface area contributed by atoms with Crippen molar-refractivity contribution in [1.82, 2.24) is 9.80 Å². The largest absolute Gasteiger partial charge is 0.481 e. The van der Waals surface area contributed by atoms with Gasteiger partial charge in [0.05, 0.1) is 47.4 Å². The number of carbonyl (C=O) groups excluding carboxylic acids is 2. The SMILES string of the molecule is O=C(Nc1cc(Cl)c(CC(=O)N2C[C@@H](N3CCCCC3)C[C@H]2COC2CCC(C(=O)O)CC2)cc1Cl)c1csc2ccccc12. The minimum Gasteiger partial charge on any atom is -0.481 e. The van der Waals surface area contributed by atoms with Gasteiger partial charge in [-0.2, -0.15) is 0 Å². The Bertz CT molecular complexity index is 1550. The molecule has 2 amide bonds. The molecule has 3 heterocycles. The van der Waals surface area contributed by atoms with Crippen molar-refractivity contribution in [2.45, 2.75) is 76.0 Å². The maximum atomic E-state index is 13.8. The van der Waals surface area contributed by atoms with E-state index in [4.69, 9.17) is 27.9 Å². The summed E-state index contributed by atoms with van der Waals surface area (Å²) in [6, 6.07) is 11.3. The van der Waals surface area contributed by atoms with Crippen LogP contribution in [0.3, 0.4) is 0 Å². The van der Waals surface area contributed by atoms with Gasteiger partial charge >= 0.3 is 5.97 Å². The number of rotatable bonds is 9. The number of carboxylic acid groups (broad SMARTS) is 1. The fourth-order valence-corrected chi connectivity index (χ4v) is 8.46. The molecule has 0 unspecified atom stereocenters. The predicted molar refractivity (Wildman–Crippen MR) is 179 cm³/mol. The summed E-state index contributed by atoms with van der Waals surface area (Å²) in [5.41, 5.74) is 1.58. The first kappa shape index (κ1) is 32.3. The number of nitrogens with one attached hydrogen (secondary N) is 1. The first-order valence-corrected chi connectivity index (χ1v) is 17.5. The number of halogens is 2. The summed E-state index contributed by atoms with van der Waals surface area (Å²) in [5, 5.41) is 15.6. The lowest BCUT2D eigenvalue weighted by Crippen LogP contribution is -2.43. The van der Waals surface area contributed by atoms with E-state index in [0.29, 0.717) is 52.9 Å². The van der Waals surface area contributed by atoms with Crippen molar-refractivity contribution in [3.05, 3.63) is 63.0 Å². The molecule has 0 radical (unpaired) electrons. The van der Waals surface area contributed by atoms with E-state index >= 15 is 0 Å². The van der Waals surface area contributed by atoms with Gasteiger partial charge in [0.2, 0.25) is 5.91 Å². The third-order valence-electron chi connectivity index (χ3n) is 9.62. The number of anilines is 1. The van der Waals surface area contributed by atoms with Crippen molar-refractivity contribution >= 4 is 68.1 Å². The summed E-state index contributed by atoms with van der Waals surface area (Å²) < 4.78 is 7.35. The molecule has 0 bridgehead atoms. The number of fused-ring (bicyclic) bond motifs is 1. The van der Waals surface area contributed by atoms with Crippen LogP contribution in [-0.4, -0.2) is 77.1 Å². The molecule has 11 heteroatoms.